The lowest BCUT2D eigenvalue weighted by Gasteiger charge is -2.35. The summed E-state index contributed by atoms with van der Waals surface area (Å²) >= 11 is 0. The molecule has 0 unspecified atom stereocenters. The topological polar surface area (TPSA) is 16.4 Å². The largest absolute Gasteiger partial charge is 0.455 e. The average Bonchev–Trinajstić information content (AvgIpc) is 3.92. The van der Waals surface area contributed by atoms with E-state index in [2.05, 4.69) is 266 Å². The molecule has 0 saturated carbocycles. The van der Waals surface area contributed by atoms with Crippen LogP contribution in [-0.2, 0) is 5.41 Å². The summed E-state index contributed by atoms with van der Waals surface area (Å²) in [5, 5.41) is 4.45. The second kappa shape index (κ2) is 15.8. The van der Waals surface area contributed by atoms with Crippen LogP contribution in [0.1, 0.15) is 22.3 Å². The van der Waals surface area contributed by atoms with Gasteiger partial charge in [-0.3, -0.25) is 0 Å². The Morgan fingerprint density at radius 3 is 1.45 bits per heavy atom. The van der Waals surface area contributed by atoms with Crippen LogP contribution >= 0.6 is 0 Å². The van der Waals surface area contributed by atoms with Crippen molar-refractivity contribution in [3.8, 4) is 44.5 Å². The number of anilines is 3. The number of nitrogens with zero attached hydrogens (tertiary/aromatic N) is 1. The Kier molecular flexibility index (Phi) is 9.11. The molecule has 0 atom stereocenters. The number of hydrogen-bond acceptors (Lipinski definition) is 2. The lowest BCUT2D eigenvalue weighted by atomic mass is 9.67. The summed E-state index contributed by atoms with van der Waals surface area (Å²) in [4.78, 5) is 2.45. The normalized spacial score (nSPS) is 12.6. The smallest absolute Gasteiger partial charge is 0.143 e. The predicted molar refractivity (Wildman–Crippen MR) is 280 cm³/mol. The van der Waals surface area contributed by atoms with Crippen molar-refractivity contribution in [2.24, 2.45) is 0 Å². The van der Waals surface area contributed by atoms with E-state index in [0.29, 0.717) is 0 Å². The highest BCUT2D eigenvalue weighted by molar-refractivity contribution is 6.20. The molecule has 1 aliphatic carbocycles. The monoisotopic (exact) mass is 853 g/mol. The molecule has 1 aromatic heterocycles. The van der Waals surface area contributed by atoms with E-state index in [-0.39, 0.29) is 0 Å². The van der Waals surface area contributed by atoms with Crippen molar-refractivity contribution in [2.45, 2.75) is 5.41 Å². The maximum absolute atomic E-state index is 7.13. The Bertz CT molecular complexity index is 3730. The minimum atomic E-state index is -0.560. The fourth-order valence-corrected chi connectivity index (χ4v) is 11.0. The molecule has 314 valence electrons. The summed E-state index contributed by atoms with van der Waals surface area (Å²) in [7, 11) is 0. The van der Waals surface area contributed by atoms with E-state index in [1.165, 1.54) is 55.5 Å². The van der Waals surface area contributed by atoms with E-state index in [1.54, 1.807) is 0 Å². The van der Waals surface area contributed by atoms with Crippen molar-refractivity contribution in [2.75, 3.05) is 4.90 Å². The van der Waals surface area contributed by atoms with Crippen LogP contribution in [0.3, 0.4) is 0 Å². The molecule has 0 radical (unpaired) electrons. The van der Waals surface area contributed by atoms with Crippen LogP contribution in [0.2, 0.25) is 0 Å². The molecular weight excluding hydrogens is 811 g/mol. The van der Waals surface area contributed by atoms with Gasteiger partial charge in [0.1, 0.15) is 11.2 Å². The molecule has 13 rings (SSSR count). The van der Waals surface area contributed by atoms with Gasteiger partial charge in [-0.05, 0) is 103 Å². The summed E-state index contributed by atoms with van der Waals surface area (Å²) < 4.78 is 7.13. The van der Waals surface area contributed by atoms with Crippen LogP contribution in [0.5, 0.6) is 0 Å². The summed E-state index contributed by atoms with van der Waals surface area (Å²) in [6.45, 7) is 0. The van der Waals surface area contributed by atoms with E-state index in [4.69, 9.17) is 4.42 Å². The zero-order valence-electron chi connectivity index (χ0n) is 36.7. The van der Waals surface area contributed by atoms with Crippen LogP contribution in [0.15, 0.2) is 265 Å². The molecule has 0 N–H and O–H groups in total. The van der Waals surface area contributed by atoms with Gasteiger partial charge in [-0.1, -0.05) is 218 Å². The Balaban J connectivity index is 1.11. The van der Waals surface area contributed by atoms with E-state index in [9.17, 15) is 0 Å². The molecule has 2 nitrogen and oxygen atoms in total. The number of hydrogen-bond donors (Lipinski definition) is 0. The first-order valence-electron chi connectivity index (χ1n) is 23.1. The van der Waals surface area contributed by atoms with Crippen LogP contribution in [0.25, 0.3) is 77.2 Å². The Hall–Kier alpha value is -8.72. The number of furan rings is 1. The first-order valence-corrected chi connectivity index (χ1v) is 23.1. The second-order valence-electron chi connectivity index (χ2n) is 17.6. The average molecular weight is 854 g/mol. The molecule has 0 spiro atoms. The van der Waals surface area contributed by atoms with Crippen molar-refractivity contribution in [1.29, 1.82) is 0 Å². The van der Waals surface area contributed by atoms with Gasteiger partial charge in [0.2, 0.25) is 0 Å². The van der Waals surface area contributed by atoms with Gasteiger partial charge in [0.25, 0.3) is 0 Å². The molecule has 1 heterocycles. The molecule has 0 saturated heterocycles. The SMILES string of the molecule is c1ccc(-c2ccc(N(c3ccc4c(c3)C(c3ccccc3)(c3ccccc3)c3ccccc3-4)c3cc4oc5c6ccccc6c(-c6ccccc6)cc5c4cc3-c3ccccc3)cc2)cc1. The lowest BCUT2D eigenvalue weighted by Crippen LogP contribution is -2.28. The molecule has 1 aliphatic rings. The number of benzene rings is 11. The maximum atomic E-state index is 7.13. The molecule has 67 heavy (non-hydrogen) atoms. The highest BCUT2D eigenvalue weighted by Crippen LogP contribution is 2.58. The van der Waals surface area contributed by atoms with Gasteiger partial charge < -0.3 is 9.32 Å². The van der Waals surface area contributed by atoms with Crippen LogP contribution in [-0.4, -0.2) is 0 Å². The van der Waals surface area contributed by atoms with E-state index >= 15 is 0 Å². The number of fused-ring (bicyclic) bond motifs is 8. The molecule has 0 fully saturated rings. The van der Waals surface area contributed by atoms with Gasteiger partial charge in [0.05, 0.1) is 11.1 Å². The van der Waals surface area contributed by atoms with Crippen molar-refractivity contribution in [3.63, 3.8) is 0 Å². The fraction of sp³-hybridized carbons (Fsp3) is 0.0154. The van der Waals surface area contributed by atoms with Crippen molar-refractivity contribution < 1.29 is 4.42 Å². The third-order valence-electron chi connectivity index (χ3n) is 13.9. The molecule has 12 aromatic rings. The summed E-state index contributed by atoms with van der Waals surface area (Å²) in [5.41, 5.74) is 18.8. The second-order valence-corrected chi connectivity index (χ2v) is 17.6. The molecule has 0 amide bonds. The maximum Gasteiger partial charge on any atom is 0.143 e. The first-order chi connectivity index (χ1) is 33.2. The fourth-order valence-electron chi connectivity index (χ4n) is 11.0. The van der Waals surface area contributed by atoms with Gasteiger partial charge in [-0.2, -0.15) is 0 Å². The molecule has 0 bridgehead atoms. The van der Waals surface area contributed by atoms with Gasteiger partial charge in [0, 0.05) is 39.2 Å². The standard InChI is InChI=1S/C65H43NO/c1-6-20-44(21-7-1)45-34-36-50(37-35-45)66(51-38-39-54-53-31-18-19-33-60(53)65(61(54)40-51,48-26-12-4-13-27-48)49-28-14-5-15-29-49)62-43-63-58(42-57(62)47-24-10-3-11-25-47)59-41-56(46-22-8-2-9-23-46)52-30-16-17-32-55(52)64(59)67-63/h1-43H. The molecule has 11 aromatic carbocycles. The summed E-state index contributed by atoms with van der Waals surface area (Å²) in [6.07, 6.45) is 0. The minimum Gasteiger partial charge on any atom is -0.455 e. The molecule has 2 heteroatoms. The zero-order chi connectivity index (χ0) is 44.3. The number of rotatable bonds is 8. The van der Waals surface area contributed by atoms with E-state index < -0.39 is 5.41 Å². The third kappa shape index (κ3) is 6.18. The summed E-state index contributed by atoms with van der Waals surface area (Å²) in [5.74, 6) is 0. The van der Waals surface area contributed by atoms with Gasteiger partial charge in [-0.25, -0.2) is 0 Å². The van der Waals surface area contributed by atoms with Crippen LogP contribution in [0.4, 0.5) is 17.1 Å². The third-order valence-corrected chi connectivity index (χ3v) is 13.9. The minimum absolute atomic E-state index is 0.560. The van der Waals surface area contributed by atoms with Crippen LogP contribution < -0.4 is 4.90 Å². The van der Waals surface area contributed by atoms with Crippen molar-refractivity contribution in [1.82, 2.24) is 0 Å². The van der Waals surface area contributed by atoms with Gasteiger partial charge in [-0.15, -0.1) is 0 Å². The highest BCUT2D eigenvalue weighted by atomic mass is 16.3. The lowest BCUT2D eigenvalue weighted by molar-refractivity contribution is 0.673. The van der Waals surface area contributed by atoms with Gasteiger partial charge >= 0.3 is 0 Å². The Morgan fingerprint density at radius 2 is 0.791 bits per heavy atom. The van der Waals surface area contributed by atoms with Crippen molar-refractivity contribution >= 4 is 49.8 Å². The van der Waals surface area contributed by atoms with Crippen LogP contribution in [0, 0.1) is 0 Å². The Morgan fingerprint density at radius 1 is 0.299 bits per heavy atom. The van der Waals surface area contributed by atoms with Crippen molar-refractivity contribution in [3.05, 3.63) is 283 Å². The van der Waals surface area contributed by atoms with E-state index in [1.807, 2.05) is 0 Å². The first kappa shape index (κ1) is 38.7. The predicted octanol–water partition coefficient (Wildman–Crippen LogP) is 17.6. The Labute approximate surface area is 390 Å². The molecule has 0 aliphatic heterocycles. The zero-order valence-corrected chi connectivity index (χ0v) is 36.7. The highest BCUT2D eigenvalue weighted by Gasteiger charge is 2.46. The molecular formula is C65H43NO. The van der Waals surface area contributed by atoms with Gasteiger partial charge in [0.15, 0.2) is 0 Å². The van der Waals surface area contributed by atoms with E-state index in [0.717, 1.165) is 61.1 Å². The summed E-state index contributed by atoms with van der Waals surface area (Å²) in [6, 6.07) is 95.0. The quantitative estimate of drug-likeness (QED) is 0.151.